The number of benzene rings is 1. The molecular formula is C23H29N3O2. The Kier molecular flexibility index (Phi) is 5.25. The molecule has 1 fully saturated rings. The summed E-state index contributed by atoms with van der Waals surface area (Å²) >= 11 is 0. The number of amides is 2. The number of nitrogens with one attached hydrogen (secondary N) is 2. The van der Waals surface area contributed by atoms with Crippen LogP contribution < -0.4 is 5.32 Å². The van der Waals surface area contributed by atoms with Gasteiger partial charge in [0.25, 0.3) is 11.8 Å². The molecular weight excluding hydrogens is 350 g/mol. The Morgan fingerprint density at radius 3 is 2.68 bits per heavy atom. The van der Waals surface area contributed by atoms with E-state index in [9.17, 15) is 9.59 Å². The molecule has 2 heterocycles. The van der Waals surface area contributed by atoms with E-state index in [1.54, 1.807) is 12.3 Å². The van der Waals surface area contributed by atoms with Gasteiger partial charge in [0.15, 0.2) is 0 Å². The van der Waals surface area contributed by atoms with E-state index in [-0.39, 0.29) is 17.9 Å². The lowest BCUT2D eigenvalue weighted by Gasteiger charge is -2.27. The van der Waals surface area contributed by atoms with Gasteiger partial charge in [-0.2, -0.15) is 0 Å². The van der Waals surface area contributed by atoms with Crippen LogP contribution in [0.3, 0.4) is 0 Å². The van der Waals surface area contributed by atoms with Gasteiger partial charge in [-0.15, -0.1) is 0 Å². The number of hydrogen-bond donors (Lipinski definition) is 2. The van der Waals surface area contributed by atoms with Gasteiger partial charge < -0.3 is 15.2 Å². The SMILES string of the molecule is CC(C)c1ccc2c(c1)[C@@H](NC(=O)c1c[nH]c(C(=O)N3CCCC3)c1)CCC2. The van der Waals surface area contributed by atoms with Crippen LogP contribution in [0.1, 0.15) is 89.0 Å². The number of carbonyl (C=O) groups excluding carboxylic acids is 2. The first-order valence-electron chi connectivity index (χ1n) is 10.4. The van der Waals surface area contributed by atoms with Crippen LogP contribution in [0, 0.1) is 0 Å². The fraction of sp³-hybridized carbons (Fsp3) is 0.478. The first-order chi connectivity index (χ1) is 13.5. The molecule has 0 bridgehead atoms. The first kappa shape index (κ1) is 18.8. The van der Waals surface area contributed by atoms with Crippen molar-refractivity contribution in [3.05, 3.63) is 58.4 Å². The van der Waals surface area contributed by atoms with Crippen LogP contribution in [0.15, 0.2) is 30.5 Å². The molecule has 0 unspecified atom stereocenters. The topological polar surface area (TPSA) is 65.2 Å². The molecule has 0 saturated carbocycles. The Morgan fingerprint density at radius 1 is 1.14 bits per heavy atom. The molecule has 2 amide bonds. The summed E-state index contributed by atoms with van der Waals surface area (Å²) in [4.78, 5) is 30.2. The molecule has 2 N–H and O–H groups in total. The zero-order chi connectivity index (χ0) is 19.7. The van der Waals surface area contributed by atoms with E-state index in [4.69, 9.17) is 0 Å². The number of hydrogen-bond acceptors (Lipinski definition) is 2. The van der Waals surface area contributed by atoms with Crippen molar-refractivity contribution in [3.8, 4) is 0 Å². The average molecular weight is 380 g/mol. The van der Waals surface area contributed by atoms with E-state index in [1.165, 1.54) is 16.7 Å². The van der Waals surface area contributed by atoms with Crippen molar-refractivity contribution in [3.63, 3.8) is 0 Å². The number of rotatable bonds is 4. The molecule has 0 radical (unpaired) electrons. The number of likely N-dealkylation sites (tertiary alicyclic amines) is 1. The molecule has 1 aromatic carbocycles. The van der Waals surface area contributed by atoms with Gasteiger partial charge in [0.1, 0.15) is 5.69 Å². The molecule has 5 heteroatoms. The van der Waals surface area contributed by atoms with Crippen LogP contribution in [0.25, 0.3) is 0 Å². The molecule has 1 atom stereocenters. The van der Waals surface area contributed by atoms with Crippen LogP contribution in [0.5, 0.6) is 0 Å². The summed E-state index contributed by atoms with van der Waals surface area (Å²) in [5.74, 6) is 0.332. The molecule has 2 aromatic rings. The summed E-state index contributed by atoms with van der Waals surface area (Å²) in [5, 5.41) is 3.20. The Morgan fingerprint density at radius 2 is 1.93 bits per heavy atom. The van der Waals surface area contributed by atoms with E-state index >= 15 is 0 Å². The first-order valence-corrected chi connectivity index (χ1v) is 10.4. The summed E-state index contributed by atoms with van der Waals surface area (Å²) in [5.41, 5.74) is 4.91. The van der Waals surface area contributed by atoms with Gasteiger partial charge in [-0.25, -0.2) is 0 Å². The molecule has 4 rings (SSSR count). The number of nitrogens with zero attached hydrogens (tertiary/aromatic N) is 1. The van der Waals surface area contributed by atoms with Crippen molar-refractivity contribution in [1.29, 1.82) is 0 Å². The maximum atomic E-state index is 12.8. The monoisotopic (exact) mass is 379 g/mol. The van der Waals surface area contributed by atoms with E-state index < -0.39 is 0 Å². The quantitative estimate of drug-likeness (QED) is 0.837. The highest BCUT2D eigenvalue weighted by Crippen LogP contribution is 2.32. The maximum Gasteiger partial charge on any atom is 0.270 e. The molecule has 5 nitrogen and oxygen atoms in total. The second kappa shape index (κ2) is 7.82. The number of fused-ring (bicyclic) bond motifs is 1. The molecule has 1 saturated heterocycles. The third kappa shape index (κ3) is 3.71. The van der Waals surface area contributed by atoms with E-state index in [1.807, 2.05) is 4.90 Å². The molecule has 1 aliphatic heterocycles. The summed E-state index contributed by atoms with van der Waals surface area (Å²) < 4.78 is 0. The number of H-pyrrole nitrogens is 1. The minimum atomic E-state index is -0.121. The third-order valence-electron chi connectivity index (χ3n) is 6.03. The number of carbonyl (C=O) groups is 2. The van der Waals surface area contributed by atoms with E-state index in [0.717, 1.165) is 45.2 Å². The minimum absolute atomic E-state index is 0.0128. The average Bonchev–Trinajstić information content (AvgIpc) is 3.39. The molecule has 0 spiro atoms. The smallest absolute Gasteiger partial charge is 0.270 e. The number of aryl methyl sites for hydroxylation is 1. The Labute approximate surface area is 166 Å². The molecule has 2 aliphatic rings. The molecule has 1 aromatic heterocycles. The Hall–Kier alpha value is -2.56. The summed E-state index contributed by atoms with van der Waals surface area (Å²) in [6.45, 7) is 5.99. The second-order valence-electron chi connectivity index (χ2n) is 8.33. The van der Waals surface area contributed by atoms with Gasteiger partial charge in [-0.05, 0) is 60.8 Å². The summed E-state index contributed by atoms with van der Waals surface area (Å²) in [6.07, 6.45) is 6.85. The fourth-order valence-corrected chi connectivity index (χ4v) is 4.31. The lowest BCUT2D eigenvalue weighted by molar-refractivity contribution is 0.0787. The van der Waals surface area contributed by atoms with Gasteiger partial charge in [0.2, 0.25) is 0 Å². The highest BCUT2D eigenvalue weighted by Gasteiger charge is 2.25. The van der Waals surface area contributed by atoms with Crippen LogP contribution >= 0.6 is 0 Å². The van der Waals surface area contributed by atoms with Crippen molar-refractivity contribution < 1.29 is 9.59 Å². The number of aromatic amines is 1. The van der Waals surface area contributed by atoms with Crippen molar-refractivity contribution in [2.45, 2.75) is 57.9 Å². The highest BCUT2D eigenvalue weighted by molar-refractivity contribution is 5.99. The third-order valence-corrected chi connectivity index (χ3v) is 6.03. The van der Waals surface area contributed by atoms with Crippen molar-refractivity contribution in [1.82, 2.24) is 15.2 Å². The van der Waals surface area contributed by atoms with Gasteiger partial charge >= 0.3 is 0 Å². The van der Waals surface area contributed by atoms with Crippen molar-refractivity contribution in [2.24, 2.45) is 0 Å². The van der Waals surface area contributed by atoms with E-state index in [0.29, 0.717) is 17.2 Å². The largest absolute Gasteiger partial charge is 0.356 e. The molecule has 28 heavy (non-hydrogen) atoms. The van der Waals surface area contributed by atoms with Crippen LogP contribution in [-0.2, 0) is 6.42 Å². The summed E-state index contributed by atoms with van der Waals surface area (Å²) in [6, 6.07) is 8.39. The predicted molar refractivity (Wildman–Crippen MR) is 110 cm³/mol. The number of aromatic nitrogens is 1. The van der Waals surface area contributed by atoms with Gasteiger partial charge in [0.05, 0.1) is 11.6 Å². The lowest BCUT2D eigenvalue weighted by atomic mass is 9.85. The molecule has 148 valence electrons. The van der Waals surface area contributed by atoms with Crippen molar-refractivity contribution in [2.75, 3.05) is 13.1 Å². The molecule has 1 aliphatic carbocycles. The van der Waals surface area contributed by atoms with E-state index in [2.05, 4.69) is 42.3 Å². The van der Waals surface area contributed by atoms with Gasteiger partial charge in [-0.3, -0.25) is 9.59 Å². The Balaban J connectivity index is 1.49. The maximum absolute atomic E-state index is 12.8. The zero-order valence-corrected chi connectivity index (χ0v) is 16.8. The second-order valence-corrected chi connectivity index (χ2v) is 8.33. The predicted octanol–water partition coefficient (Wildman–Crippen LogP) is 4.18. The highest BCUT2D eigenvalue weighted by atomic mass is 16.2. The lowest BCUT2D eigenvalue weighted by Crippen LogP contribution is -2.31. The van der Waals surface area contributed by atoms with Crippen LogP contribution in [0.4, 0.5) is 0 Å². The standard InChI is InChI=1S/C23H29N3O2/c1-15(2)17-9-8-16-6-5-7-20(19(16)12-17)25-22(27)18-13-21(24-14-18)23(28)26-10-3-4-11-26/h8-9,12-15,20,24H,3-7,10-11H2,1-2H3,(H,25,27)/t20-/m0/s1. The van der Waals surface area contributed by atoms with Gasteiger partial charge in [0, 0.05) is 19.3 Å². The van der Waals surface area contributed by atoms with Crippen LogP contribution in [0.2, 0.25) is 0 Å². The Bertz CT molecular complexity index is 878. The van der Waals surface area contributed by atoms with Gasteiger partial charge in [-0.1, -0.05) is 32.0 Å². The summed E-state index contributed by atoms with van der Waals surface area (Å²) in [7, 11) is 0. The zero-order valence-electron chi connectivity index (χ0n) is 16.8. The normalized spacial score (nSPS) is 19.0. The minimum Gasteiger partial charge on any atom is -0.356 e. The van der Waals surface area contributed by atoms with Crippen LogP contribution in [-0.4, -0.2) is 34.8 Å². The fourth-order valence-electron chi connectivity index (χ4n) is 4.31. The van der Waals surface area contributed by atoms with Crippen molar-refractivity contribution >= 4 is 11.8 Å².